The molecule has 1 saturated heterocycles. The van der Waals surface area contributed by atoms with Gasteiger partial charge in [-0.2, -0.15) is 0 Å². The van der Waals surface area contributed by atoms with Crippen molar-refractivity contribution in [2.24, 2.45) is 0 Å². The SMILES string of the molecule is CC(CCC(C)OC(=O)NCCn1cnnn1)OCCCN1CCC(O)CC1. The van der Waals surface area contributed by atoms with Crippen LogP contribution in [-0.2, 0) is 16.0 Å². The molecule has 1 aromatic heterocycles. The van der Waals surface area contributed by atoms with E-state index in [1.165, 1.54) is 11.0 Å². The Morgan fingerprint density at radius 3 is 2.71 bits per heavy atom. The number of nitrogens with one attached hydrogen (secondary N) is 1. The van der Waals surface area contributed by atoms with Crippen LogP contribution < -0.4 is 5.32 Å². The minimum Gasteiger partial charge on any atom is -0.447 e. The van der Waals surface area contributed by atoms with Gasteiger partial charge in [-0.05, 0) is 56.4 Å². The maximum Gasteiger partial charge on any atom is 0.407 e. The highest BCUT2D eigenvalue weighted by Gasteiger charge is 2.16. The standard InChI is InChI=1S/C18H34N6O4/c1-15(27-13-3-9-23-10-6-17(25)7-11-23)4-5-16(2)28-18(26)19-8-12-24-14-20-21-22-24/h14-17,25H,3-13H2,1-2H3,(H,19,26). The number of aliphatic hydroxyl groups excluding tert-OH is 1. The van der Waals surface area contributed by atoms with Crippen LogP contribution in [0.5, 0.6) is 0 Å². The van der Waals surface area contributed by atoms with E-state index in [0.717, 1.165) is 58.3 Å². The molecule has 0 aliphatic carbocycles. The molecule has 0 radical (unpaired) electrons. The minimum absolute atomic E-state index is 0.121. The third kappa shape index (κ3) is 9.43. The van der Waals surface area contributed by atoms with Gasteiger partial charge < -0.3 is 24.8 Å². The lowest BCUT2D eigenvalue weighted by Crippen LogP contribution is -2.36. The zero-order chi connectivity index (χ0) is 20.2. The van der Waals surface area contributed by atoms with E-state index in [-0.39, 0.29) is 18.3 Å². The molecule has 2 rings (SSSR count). The van der Waals surface area contributed by atoms with Gasteiger partial charge in [0.1, 0.15) is 12.4 Å². The van der Waals surface area contributed by atoms with Crippen LogP contribution in [-0.4, -0.2) is 87.4 Å². The maximum absolute atomic E-state index is 11.8. The normalized spacial score (nSPS) is 18.0. The van der Waals surface area contributed by atoms with E-state index >= 15 is 0 Å². The lowest BCUT2D eigenvalue weighted by atomic mass is 10.1. The van der Waals surface area contributed by atoms with Crippen LogP contribution in [0.2, 0.25) is 0 Å². The molecule has 1 aliphatic heterocycles. The number of hydrogen-bond donors (Lipinski definition) is 2. The Hall–Kier alpha value is -1.78. The van der Waals surface area contributed by atoms with Gasteiger partial charge in [0.15, 0.2) is 0 Å². The summed E-state index contributed by atoms with van der Waals surface area (Å²) >= 11 is 0. The number of aliphatic hydroxyl groups is 1. The number of alkyl carbamates (subject to hydrolysis) is 1. The van der Waals surface area contributed by atoms with Gasteiger partial charge in [-0.3, -0.25) is 0 Å². The van der Waals surface area contributed by atoms with Crippen molar-refractivity contribution in [3.63, 3.8) is 0 Å². The van der Waals surface area contributed by atoms with Crippen LogP contribution in [0.4, 0.5) is 4.79 Å². The maximum atomic E-state index is 11.8. The molecule has 10 heteroatoms. The summed E-state index contributed by atoms with van der Waals surface area (Å²) in [5.74, 6) is 0. The highest BCUT2D eigenvalue weighted by atomic mass is 16.6. The van der Waals surface area contributed by atoms with E-state index in [1.807, 2.05) is 6.92 Å². The quantitative estimate of drug-likeness (QED) is 0.497. The molecule has 1 aromatic rings. The lowest BCUT2D eigenvalue weighted by Gasteiger charge is -2.29. The number of carbonyl (C=O) groups is 1. The van der Waals surface area contributed by atoms with Crippen molar-refractivity contribution in [1.29, 1.82) is 0 Å². The summed E-state index contributed by atoms with van der Waals surface area (Å²) in [6, 6.07) is 0. The van der Waals surface area contributed by atoms with Crippen molar-refractivity contribution >= 4 is 6.09 Å². The summed E-state index contributed by atoms with van der Waals surface area (Å²) < 4.78 is 12.7. The van der Waals surface area contributed by atoms with Crippen LogP contribution in [0.1, 0.15) is 46.0 Å². The Labute approximate surface area is 166 Å². The first kappa shape index (κ1) is 22.5. The van der Waals surface area contributed by atoms with Gasteiger partial charge in [0.2, 0.25) is 0 Å². The van der Waals surface area contributed by atoms with E-state index < -0.39 is 6.09 Å². The number of rotatable bonds is 12. The Morgan fingerprint density at radius 2 is 2.00 bits per heavy atom. The monoisotopic (exact) mass is 398 g/mol. The predicted molar refractivity (Wildman–Crippen MR) is 103 cm³/mol. The van der Waals surface area contributed by atoms with E-state index in [1.54, 1.807) is 0 Å². The highest BCUT2D eigenvalue weighted by molar-refractivity contribution is 5.67. The summed E-state index contributed by atoms with van der Waals surface area (Å²) in [5, 5.41) is 23.0. The van der Waals surface area contributed by atoms with Crippen molar-refractivity contribution in [3.05, 3.63) is 6.33 Å². The molecule has 10 nitrogen and oxygen atoms in total. The largest absolute Gasteiger partial charge is 0.447 e. The van der Waals surface area contributed by atoms with E-state index in [4.69, 9.17) is 9.47 Å². The summed E-state index contributed by atoms with van der Waals surface area (Å²) in [5.41, 5.74) is 0. The van der Waals surface area contributed by atoms with Crippen LogP contribution in [0.25, 0.3) is 0 Å². The molecule has 1 amide bonds. The molecule has 2 atom stereocenters. The first-order chi connectivity index (χ1) is 13.5. The predicted octanol–water partition coefficient (Wildman–Crippen LogP) is 0.820. The first-order valence-electron chi connectivity index (χ1n) is 10.2. The number of aromatic nitrogens is 4. The molecule has 1 fully saturated rings. The summed E-state index contributed by atoms with van der Waals surface area (Å²) in [6.45, 7) is 8.55. The minimum atomic E-state index is -0.430. The van der Waals surface area contributed by atoms with E-state index in [9.17, 15) is 9.90 Å². The van der Waals surface area contributed by atoms with Crippen molar-refractivity contribution in [2.45, 2.75) is 70.8 Å². The molecule has 1 aliphatic rings. The van der Waals surface area contributed by atoms with Crippen LogP contribution in [0.3, 0.4) is 0 Å². The molecule has 2 unspecified atom stereocenters. The molecule has 2 heterocycles. The number of carbonyl (C=O) groups excluding carboxylic acids is 1. The van der Waals surface area contributed by atoms with E-state index in [0.29, 0.717) is 13.1 Å². The van der Waals surface area contributed by atoms with Crippen LogP contribution >= 0.6 is 0 Å². The van der Waals surface area contributed by atoms with Crippen molar-refractivity contribution in [2.75, 3.05) is 32.8 Å². The lowest BCUT2D eigenvalue weighted by molar-refractivity contribution is 0.0333. The van der Waals surface area contributed by atoms with Gasteiger partial charge in [-0.25, -0.2) is 9.48 Å². The van der Waals surface area contributed by atoms with Crippen molar-refractivity contribution < 1.29 is 19.4 Å². The number of nitrogens with zero attached hydrogens (tertiary/aromatic N) is 5. The number of hydrogen-bond acceptors (Lipinski definition) is 8. The van der Waals surface area contributed by atoms with Gasteiger partial charge in [0, 0.05) is 32.8 Å². The summed E-state index contributed by atoms with van der Waals surface area (Å²) in [6.07, 6.45) is 5.26. The van der Waals surface area contributed by atoms with Crippen molar-refractivity contribution in [1.82, 2.24) is 30.4 Å². The molecule has 0 aromatic carbocycles. The first-order valence-corrected chi connectivity index (χ1v) is 10.2. The molecular weight excluding hydrogens is 364 g/mol. The number of tetrazole rings is 1. The van der Waals surface area contributed by atoms with Gasteiger partial charge >= 0.3 is 6.09 Å². The Kier molecular flexibility index (Phi) is 10.2. The fraction of sp³-hybridized carbons (Fsp3) is 0.889. The fourth-order valence-electron chi connectivity index (χ4n) is 3.11. The molecule has 160 valence electrons. The Bertz CT molecular complexity index is 536. The van der Waals surface area contributed by atoms with Crippen LogP contribution in [0.15, 0.2) is 6.33 Å². The van der Waals surface area contributed by atoms with Crippen LogP contribution in [0, 0.1) is 0 Å². The van der Waals surface area contributed by atoms with Gasteiger partial charge in [-0.1, -0.05) is 0 Å². The fourth-order valence-corrected chi connectivity index (χ4v) is 3.11. The van der Waals surface area contributed by atoms with Gasteiger partial charge in [0.05, 0.1) is 18.8 Å². The Balaban J connectivity index is 1.44. The summed E-state index contributed by atoms with van der Waals surface area (Å²) in [4.78, 5) is 14.1. The third-order valence-corrected chi connectivity index (χ3v) is 4.87. The smallest absolute Gasteiger partial charge is 0.407 e. The third-order valence-electron chi connectivity index (χ3n) is 4.87. The highest BCUT2D eigenvalue weighted by Crippen LogP contribution is 2.11. The Morgan fingerprint density at radius 1 is 1.25 bits per heavy atom. The zero-order valence-electron chi connectivity index (χ0n) is 17.0. The second kappa shape index (κ2) is 12.6. The number of piperidine rings is 1. The van der Waals surface area contributed by atoms with Crippen molar-refractivity contribution in [3.8, 4) is 0 Å². The topological polar surface area (TPSA) is 115 Å². The van der Waals surface area contributed by atoms with Gasteiger partial charge in [0.25, 0.3) is 0 Å². The second-order valence-electron chi connectivity index (χ2n) is 7.40. The molecule has 0 spiro atoms. The zero-order valence-corrected chi connectivity index (χ0v) is 17.0. The molecular formula is C18H34N6O4. The average Bonchev–Trinajstić information content (AvgIpc) is 3.18. The second-order valence-corrected chi connectivity index (χ2v) is 7.40. The molecule has 28 heavy (non-hydrogen) atoms. The number of ether oxygens (including phenoxy) is 2. The molecule has 0 bridgehead atoms. The summed E-state index contributed by atoms with van der Waals surface area (Å²) in [7, 11) is 0. The number of amides is 1. The average molecular weight is 399 g/mol. The van der Waals surface area contributed by atoms with Gasteiger partial charge in [-0.15, -0.1) is 5.10 Å². The van der Waals surface area contributed by atoms with E-state index in [2.05, 4.69) is 32.7 Å². The number of likely N-dealkylation sites (tertiary alicyclic amines) is 1. The molecule has 2 N–H and O–H groups in total. The molecule has 0 saturated carbocycles.